The summed E-state index contributed by atoms with van der Waals surface area (Å²) in [6.07, 6.45) is -7.15. The van der Waals surface area contributed by atoms with Gasteiger partial charge >= 0.3 is 24.3 Å². The Balaban J connectivity index is 0.000000421. The normalized spacial score (nSPS) is 14.5. The Labute approximate surface area is 253 Å². The van der Waals surface area contributed by atoms with E-state index in [1.807, 2.05) is 42.5 Å². The highest BCUT2D eigenvalue weighted by Crippen LogP contribution is 2.33. The van der Waals surface area contributed by atoms with Crippen molar-refractivity contribution < 1.29 is 50.9 Å². The minimum atomic E-state index is -5.08. The SMILES string of the molecule is C=CCN1Cc2ccc(NC(=O)c3ccc4cc(C(=N)N)ccc4c3)cc2C(CC)C1.O=C(O)C(F)(F)F.O=C(O)C(F)(F)F. The molecule has 6 N–H and O–H groups in total. The second kappa shape index (κ2) is 15.2. The number of hydrogen-bond acceptors (Lipinski definition) is 5. The minimum absolute atomic E-state index is 0.0362. The van der Waals surface area contributed by atoms with Crippen LogP contribution < -0.4 is 11.1 Å². The summed E-state index contributed by atoms with van der Waals surface area (Å²) in [5, 5.41) is 26.8. The summed E-state index contributed by atoms with van der Waals surface area (Å²) in [6, 6.07) is 17.4. The van der Waals surface area contributed by atoms with Crippen molar-refractivity contribution in [3.8, 4) is 0 Å². The Kier molecular flexibility index (Phi) is 12.2. The van der Waals surface area contributed by atoms with Gasteiger partial charge in [-0.05, 0) is 64.6 Å². The number of nitrogens with one attached hydrogen (secondary N) is 2. The molecular weight excluding hydrogens is 610 g/mol. The van der Waals surface area contributed by atoms with Gasteiger partial charge in [0, 0.05) is 36.4 Å². The molecule has 0 spiro atoms. The van der Waals surface area contributed by atoms with E-state index in [1.165, 1.54) is 11.1 Å². The van der Waals surface area contributed by atoms with Crippen molar-refractivity contribution in [2.24, 2.45) is 5.73 Å². The van der Waals surface area contributed by atoms with Crippen LogP contribution in [0.15, 0.2) is 67.3 Å². The Morgan fingerprint density at radius 2 is 1.47 bits per heavy atom. The second-order valence-corrected chi connectivity index (χ2v) is 9.75. The molecule has 3 aromatic rings. The number of amidine groups is 1. The molecule has 0 aromatic heterocycles. The van der Waals surface area contributed by atoms with Gasteiger partial charge in [0.05, 0.1) is 0 Å². The molecule has 0 aliphatic carbocycles. The van der Waals surface area contributed by atoms with Gasteiger partial charge in [-0.25, -0.2) is 9.59 Å². The summed E-state index contributed by atoms with van der Waals surface area (Å²) in [5.41, 5.74) is 10.3. The molecule has 15 heteroatoms. The van der Waals surface area contributed by atoms with Crippen molar-refractivity contribution in [1.82, 2.24) is 4.90 Å². The smallest absolute Gasteiger partial charge is 0.475 e. The molecule has 0 fully saturated rings. The first kappa shape index (κ1) is 36.3. The fourth-order valence-electron chi connectivity index (χ4n) is 4.34. The number of anilines is 1. The maximum atomic E-state index is 12.9. The summed E-state index contributed by atoms with van der Waals surface area (Å²) in [7, 11) is 0. The van der Waals surface area contributed by atoms with E-state index in [9.17, 15) is 31.1 Å². The van der Waals surface area contributed by atoms with Crippen LogP contribution in [0.1, 0.15) is 46.3 Å². The topological polar surface area (TPSA) is 157 Å². The van der Waals surface area contributed by atoms with E-state index in [2.05, 4.69) is 35.9 Å². The van der Waals surface area contributed by atoms with Crippen molar-refractivity contribution in [3.05, 3.63) is 89.5 Å². The number of nitrogens with two attached hydrogens (primary N) is 1. The molecule has 3 aromatic carbocycles. The Morgan fingerprint density at radius 1 is 0.956 bits per heavy atom. The largest absolute Gasteiger partial charge is 0.490 e. The first-order valence-corrected chi connectivity index (χ1v) is 13.1. The molecule has 45 heavy (non-hydrogen) atoms. The van der Waals surface area contributed by atoms with Crippen LogP contribution in [0.2, 0.25) is 0 Å². The van der Waals surface area contributed by atoms with Crippen molar-refractivity contribution in [3.63, 3.8) is 0 Å². The molecule has 1 amide bonds. The number of nitrogens with zero attached hydrogens (tertiary/aromatic N) is 1. The van der Waals surface area contributed by atoms with Crippen LogP contribution in [0.5, 0.6) is 0 Å². The Hall–Kier alpha value is -4.92. The molecule has 0 radical (unpaired) electrons. The van der Waals surface area contributed by atoms with Gasteiger partial charge in [0.1, 0.15) is 5.84 Å². The monoisotopic (exact) mass is 640 g/mol. The summed E-state index contributed by atoms with van der Waals surface area (Å²) < 4.78 is 63.5. The highest BCUT2D eigenvalue weighted by Gasteiger charge is 2.38. The van der Waals surface area contributed by atoms with Crippen LogP contribution >= 0.6 is 0 Å². The number of aliphatic carboxylic acids is 2. The highest BCUT2D eigenvalue weighted by molar-refractivity contribution is 6.07. The lowest BCUT2D eigenvalue weighted by Gasteiger charge is -2.34. The summed E-state index contributed by atoms with van der Waals surface area (Å²) in [4.78, 5) is 33.1. The van der Waals surface area contributed by atoms with E-state index in [4.69, 9.17) is 30.9 Å². The molecule has 242 valence electrons. The zero-order valence-corrected chi connectivity index (χ0v) is 23.8. The van der Waals surface area contributed by atoms with E-state index >= 15 is 0 Å². The Morgan fingerprint density at radius 3 is 1.93 bits per heavy atom. The number of rotatable bonds is 6. The number of carbonyl (C=O) groups excluding carboxylic acids is 1. The van der Waals surface area contributed by atoms with Gasteiger partial charge in [-0.15, -0.1) is 6.58 Å². The lowest BCUT2D eigenvalue weighted by atomic mass is 9.87. The Bertz CT molecular complexity index is 1550. The van der Waals surface area contributed by atoms with E-state index in [0.717, 1.165) is 42.5 Å². The predicted molar refractivity (Wildman–Crippen MR) is 155 cm³/mol. The van der Waals surface area contributed by atoms with Crippen molar-refractivity contribution in [2.45, 2.75) is 38.2 Å². The van der Waals surface area contributed by atoms with Gasteiger partial charge in [0.25, 0.3) is 5.91 Å². The average molecular weight is 641 g/mol. The van der Waals surface area contributed by atoms with Gasteiger partial charge in [-0.1, -0.05) is 37.3 Å². The maximum absolute atomic E-state index is 12.9. The minimum Gasteiger partial charge on any atom is -0.475 e. The number of benzene rings is 3. The zero-order chi connectivity index (χ0) is 34.1. The fourth-order valence-corrected chi connectivity index (χ4v) is 4.34. The number of nitrogen functional groups attached to an aromatic ring is 1. The summed E-state index contributed by atoms with van der Waals surface area (Å²) in [5.74, 6) is -5.15. The number of carbonyl (C=O) groups is 3. The zero-order valence-electron chi connectivity index (χ0n) is 23.8. The predicted octanol–water partition coefficient (Wildman–Crippen LogP) is 6.14. The first-order valence-electron chi connectivity index (χ1n) is 13.1. The summed E-state index contributed by atoms with van der Waals surface area (Å²) >= 11 is 0. The van der Waals surface area contributed by atoms with Crippen LogP contribution in [0.3, 0.4) is 0 Å². The molecule has 1 aliphatic heterocycles. The molecule has 4 rings (SSSR count). The van der Waals surface area contributed by atoms with Crippen LogP contribution in [0.25, 0.3) is 10.8 Å². The third-order valence-electron chi connectivity index (χ3n) is 6.49. The van der Waals surface area contributed by atoms with Gasteiger partial charge in [0.15, 0.2) is 0 Å². The molecule has 1 atom stereocenters. The van der Waals surface area contributed by atoms with E-state index < -0.39 is 24.3 Å². The maximum Gasteiger partial charge on any atom is 0.490 e. The van der Waals surface area contributed by atoms with E-state index in [0.29, 0.717) is 17.0 Å². The first-order chi connectivity index (χ1) is 20.9. The van der Waals surface area contributed by atoms with Gasteiger partial charge < -0.3 is 21.3 Å². The number of alkyl halides is 6. The number of halogens is 6. The molecule has 0 saturated carbocycles. The fraction of sp³-hybridized carbons (Fsp3) is 0.267. The second-order valence-electron chi connectivity index (χ2n) is 9.75. The van der Waals surface area contributed by atoms with Gasteiger partial charge in [0.2, 0.25) is 0 Å². The molecule has 1 aliphatic rings. The summed E-state index contributed by atoms with van der Waals surface area (Å²) in [6.45, 7) is 8.90. The molecule has 1 unspecified atom stereocenters. The lowest BCUT2D eigenvalue weighted by Crippen LogP contribution is -2.33. The number of carboxylic acid groups (broad SMARTS) is 2. The average Bonchev–Trinajstić information content (AvgIpc) is 2.96. The molecule has 1 heterocycles. The van der Waals surface area contributed by atoms with Crippen molar-refractivity contribution in [2.75, 3.05) is 18.4 Å². The van der Waals surface area contributed by atoms with Gasteiger partial charge in [-0.3, -0.25) is 15.1 Å². The molecule has 9 nitrogen and oxygen atoms in total. The number of hydrogen-bond donors (Lipinski definition) is 5. The van der Waals surface area contributed by atoms with Crippen LogP contribution in [0.4, 0.5) is 32.0 Å². The quantitative estimate of drug-likeness (QED) is 0.0938. The number of carboxylic acids is 2. The van der Waals surface area contributed by atoms with Crippen molar-refractivity contribution in [1.29, 1.82) is 5.41 Å². The third kappa shape index (κ3) is 10.6. The molecule has 0 bridgehead atoms. The van der Waals surface area contributed by atoms with Crippen LogP contribution in [-0.2, 0) is 16.1 Å². The van der Waals surface area contributed by atoms with E-state index in [1.54, 1.807) is 6.07 Å². The molecule has 0 saturated heterocycles. The van der Waals surface area contributed by atoms with Crippen LogP contribution in [0, 0.1) is 5.41 Å². The lowest BCUT2D eigenvalue weighted by molar-refractivity contribution is -0.193. The third-order valence-corrected chi connectivity index (χ3v) is 6.49. The van der Waals surface area contributed by atoms with Gasteiger partial charge in [-0.2, -0.15) is 26.3 Å². The standard InChI is InChI=1S/C26H28N4O.2C2HF3O2/c1-3-11-30-15-17(4-2)24-14-23(10-9-22(24)16-30)29-26(31)21-8-6-18-12-20(25(27)28)7-5-19(18)13-21;2*3-2(4,5)1(6)7/h3,5-10,12-14,17H,1,4,11,15-16H2,2H3,(H3,27,28)(H,29,31);2*(H,6,7). The highest BCUT2D eigenvalue weighted by atomic mass is 19.4. The van der Waals surface area contributed by atoms with Crippen LogP contribution in [-0.4, -0.2) is 64.2 Å². The van der Waals surface area contributed by atoms with E-state index in [-0.39, 0.29) is 11.7 Å². The molecular formula is C30H30F6N4O5. The number of fused-ring (bicyclic) bond motifs is 2. The van der Waals surface area contributed by atoms with Crippen molar-refractivity contribution >= 4 is 40.1 Å². The number of amides is 1.